The lowest BCUT2D eigenvalue weighted by Gasteiger charge is -2.20. The second-order valence-corrected chi connectivity index (χ2v) is 15.9. The molecule has 0 aromatic heterocycles. The van der Waals surface area contributed by atoms with Crippen LogP contribution in [0.15, 0.2) is 60.7 Å². The summed E-state index contributed by atoms with van der Waals surface area (Å²) in [5.74, 6) is 3.97. The quantitative estimate of drug-likeness (QED) is 0.0426. The van der Waals surface area contributed by atoms with Gasteiger partial charge in [-0.05, 0) is 108 Å². The largest absolute Gasteiger partial charge is 0.493 e. The number of rotatable bonds is 29. The highest BCUT2D eigenvalue weighted by atomic mass is 32.1. The fraction of sp³-hybridized carbons (Fsp3) is 0.583. The Kier molecular flexibility index (Phi) is 21.0. The fourth-order valence-corrected chi connectivity index (χ4v) is 7.89. The SMILES string of the molecule is CCCCOc1ccc2cc(CCCCCCCCCCS)ccc2c1-c1c(OCCCC)ccc2cc(CCCCCCCCCCS)ccc12. The van der Waals surface area contributed by atoms with E-state index in [4.69, 9.17) is 9.47 Å². The van der Waals surface area contributed by atoms with Crippen LogP contribution >= 0.6 is 25.3 Å². The predicted octanol–water partition coefficient (Wildman–Crippen LogP) is 15.2. The Labute approximate surface area is 329 Å². The van der Waals surface area contributed by atoms with E-state index < -0.39 is 0 Å². The van der Waals surface area contributed by atoms with E-state index in [-0.39, 0.29) is 0 Å². The number of ether oxygens (including phenoxy) is 2. The highest BCUT2D eigenvalue weighted by Gasteiger charge is 2.20. The maximum absolute atomic E-state index is 6.61. The van der Waals surface area contributed by atoms with E-state index in [0.29, 0.717) is 0 Å². The Hall–Kier alpha value is -2.30. The maximum Gasteiger partial charge on any atom is 0.127 e. The van der Waals surface area contributed by atoms with Crippen LogP contribution in [0, 0.1) is 0 Å². The highest BCUT2D eigenvalue weighted by Crippen LogP contribution is 2.46. The average Bonchev–Trinajstić information content (AvgIpc) is 3.16. The Morgan fingerprint density at radius 1 is 0.404 bits per heavy atom. The van der Waals surface area contributed by atoms with E-state index in [9.17, 15) is 0 Å². The Balaban J connectivity index is 1.57. The lowest BCUT2D eigenvalue weighted by atomic mass is 9.90. The van der Waals surface area contributed by atoms with E-state index in [1.165, 1.54) is 147 Å². The van der Waals surface area contributed by atoms with Crippen molar-refractivity contribution < 1.29 is 9.47 Å². The van der Waals surface area contributed by atoms with Crippen LogP contribution in [0.1, 0.15) is 153 Å². The minimum Gasteiger partial charge on any atom is -0.493 e. The number of fused-ring (bicyclic) bond motifs is 2. The first-order valence-corrected chi connectivity index (χ1v) is 22.6. The van der Waals surface area contributed by atoms with Crippen molar-refractivity contribution in [3.8, 4) is 22.6 Å². The zero-order chi connectivity index (χ0) is 36.6. The van der Waals surface area contributed by atoms with Gasteiger partial charge in [0.25, 0.3) is 0 Å². The standard InChI is InChI=1S/C48H70O2S2/c1-3-5-33-49-45-31-27-41-37-39(23-19-15-11-7-9-13-17-21-35-51)25-29-43(41)47(45)48-44-30-26-40(24-20-16-12-8-10-14-18-22-36-52)38-42(44)28-32-46(48)50-34-6-4-2/h25-32,37-38,51-52H,3-24,33-36H2,1-2H3. The van der Waals surface area contributed by atoms with Gasteiger partial charge in [0.15, 0.2) is 0 Å². The summed E-state index contributed by atoms with van der Waals surface area (Å²) in [6.07, 6.45) is 27.8. The Morgan fingerprint density at radius 2 is 0.769 bits per heavy atom. The van der Waals surface area contributed by atoms with Gasteiger partial charge in [-0.15, -0.1) is 0 Å². The molecule has 0 N–H and O–H groups in total. The maximum atomic E-state index is 6.61. The number of aryl methyl sites for hydroxylation is 2. The molecule has 0 saturated carbocycles. The number of hydrogen-bond acceptors (Lipinski definition) is 4. The van der Waals surface area contributed by atoms with Crippen molar-refractivity contribution in [3.05, 3.63) is 71.8 Å². The minimum absolute atomic E-state index is 0.721. The molecule has 0 fully saturated rings. The zero-order valence-electron chi connectivity index (χ0n) is 32.9. The molecule has 0 aliphatic rings. The van der Waals surface area contributed by atoms with E-state index in [1.54, 1.807) is 0 Å². The lowest BCUT2D eigenvalue weighted by molar-refractivity contribution is 0.306. The van der Waals surface area contributed by atoms with Gasteiger partial charge in [0.2, 0.25) is 0 Å². The molecule has 4 aromatic carbocycles. The molecular weight excluding hydrogens is 673 g/mol. The molecule has 0 heterocycles. The first kappa shape index (κ1) is 42.4. The van der Waals surface area contributed by atoms with Gasteiger partial charge in [-0.3, -0.25) is 0 Å². The van der Waals surface area contributed by atoms with Gasteiger partial charge in [0, 0.05) is 11.1 Å². The zero-order valence-corrected chi connectivity index (χ0v) is 34.7. The van der Waals surface area contributed by atoms with Crippen LogP contribution < -0.4 is 9.47 Å². The third-order valence-electron chi connectivity index (χ3n) is 10.6. The molecule has 4 rings (SSSR count). The number of thiol groups is 2. The van der Waals surface area contributed by atoms with Gasteiger partial charge in [0.1, 0.15) is 11.5 Å². The molecule has 0 amide bonds. The van der Waals surface area contributed by atoms with Crippen LogP contribution in [0.25, 0.3) is 32.7 Å². The molecule has 4 heteroatoms. The molecule has 286 valence electrons. The van der Waals surface area contributed by atoms with Crippen molar-refractivity contribution in [3.63, 3.8) is 0 Å². The third kappa shape index (κ3) is 14.2. The van der Waals surface area contributed by atoms with Gasteiger partial charge >= 0.3 is 0 Å². The number of benzene rings is 4. The summed E-state index contributed by atoms with van der Waals surface area (Å²) in [7, 11) is 0. The normalized spacial score (nSPS) is 11.5. The van der Waals surface area contributed by atoms with E-state index >= 15 is 0 Å². The predicted molar refractivity (Wildman–Crippen MR) is 237 cm³/mol. The van der Waals surface area contributed by atoms with E-state index in [1.807, 2.05) is 0 Å². The second-order valence-electron chi connectivity index (χ2n) is 15.0. The van der Waals surface area contributed by atoms with Gasteiger partial charge in [-0.25, -0.2) is 0 Å². The fourth-order valence-electron chi connectivity index (χ4n) is 7.44. The molecule has 4 aromatic rings. The monoisotopic (exact) mass is 742 g/mol. The first-order chi connectivity index (χ1) is 25.7. The number of hydrogen-bond donors (Lipinski definition) is 2. The van der Waals surface area contributed by atoms with Crippen LogP contribution in [-0.4, -0.2) is 24.7 Å². The smallest absolute Gasteiger partial charge is 0.127 e. The molecule has 52 heavy (non-hydrogen) atoms. The molecule has 0 aliphatic heterocycles. The van der Waals surface area contributed by atoms with Crippen molar-refractivity contribution in [1.82, 2.24) is 0 Å². The molecular formula is C48H70O2S2. The third-order valence-corrected chi connectivity index (χ3v) is 11.2. The van der Waals surface area contributed by atoms with Crippen LogP contribution in [0.5, 0.6) is 11.5 Å². The van der Waals surface area contributed by atoms with Crippen molar-refractivity contribution >= 4 is 46.8 Å². The summed E-state index contributed by atoms with van der Waals surface area (Å²) in [6, 6.07) is 23.3. The lowest BCUT2D eigenvalue weighted by Crippen LogP contribution is -2.02. The number of unbranched alkanes of at least 4 members (excludes halogenated alkanes) is 16. The molecule has 0 saturated heterocycles. The summed E-state index contributed by atoms with van der Waals surface area (Å²) >= 11 is 8.69. The summed E-state index contributed by atoms with van der Waals surface area (Å²) in [5, 5.41) is 5.08. The highest BCUT2D eigenvalue weighted by molar-refractivity contribution is 7.80. The molecule has 0 spiro atoms. The summed E-state index contributed by atoms with van der Waals surface area (Å²) in [6.45, 7) is 5.90. The summed E-state index contributed by atoms with van der Waals surface area (Å²) in [5.41, 5.74) is 5.22. The van der Waals surface area contributed by atoms with Gasteiger partial charge in [-0.2, -0.15) is 25.3 Å². The molecule has 0 radical (unpaired) electrons. The topological polar surface area (TPSA) is 18.5 Å². The molecule has 0 unspecified atom stereocenters. The summed E-state index contributed by atoms with van der Waals surface area (Å²) in [4.78, 5) is 0. The van der Waals surface area contributed by atoms with Crippen molar-refractivity contribution in [2.75, 3.05) is 24.7 Å². The van der Waals surface area contributed by atoms with Gasteiger partial charge in [0.05, 0.1) is 13.2 Å². The van der Waals surface area contributed by atoms with E-state index in [0.717, 1.165) is 74.7 Å². The van der Waals surface area contributed by atoms with E-state index in [2.05, 4.69) is 99.8 Å². The van der Waals surface area contributed by atoms with Crippen LogP contribution in [0.4, 0.5) is 0 Å². The molecule has 0 atom stereocenters. The first-order valence-electron chi connectivity index (χ1n) is 21.3. The summed E-state index contributed by atoms with van der Waals surface area (Å²) < 4.78 is 13.2. The van der Waals surface area contributed by atoms with Crippen molar-refractivity contribution in [2.24, 2.45) is 0 Å². The molecule has 0 bridgehead atoms. The van der Waals surface area contributed by atoms with Crippen molar-refractivity contribution in [2.45, 2.75) is 155 Å². The minimum atomic E-state index is 0.721. The van der Waals surface area contributed by atoms with Crippen LogP contribution in [0.2, 0.25) is 0 Å². The Morgan fingerprint density at radius 3 is 1.13 bits per heavy atom. The molecule has 0 aliphatic carbocycles. The second kappa shape index (κ2) is 25.7. The average molecular weight is 743 g/mol. The Bertz CT molecular complexity index is 1450. The van der Waals surface area contributed by atoms with Crippen molar-refractivity contribution in [1.29, 1.82) is 0 Å². The molecule has 2 nitrogen and oxygen atoms in total. The van der Waals surface area contributed by atoms with Gasteiger partial charge < -0.3 is 9.47 Å². The van der Waals surface area contributed by atoms with Crippen LogP contribution in [-0.2, 0) is 12.8 Å². The van der Waals surface area contributed by atoms with Gasteiger partial charge in [-0.1, -0.05) is 152 Å². The van der Waals surface area contributed by atoms with Crippen LogP contribution in [0.3, 0.4) is 0 Å².